The van der Waals surface area contributed by atoms with Crippen LogP contribution in [-0.4, -0.2) is 36.1 Å². The number of aliphatic hydroxyl groups is 1. The van der Waals surface area contributed by atoms with Gasteiger partial charge >= 0.3 is 0 Å². The minimum atomic E-state index is -0.406. The Bertz CT molecular complexity index is 430. The number of nitrogens with one attached hydrogen (secondary N) is 2. The molecule has 6 heteroatoms. The lowest BCUT2D eigenvalue weighted by Gasteiger charge is -2.11. The Kier molecular flexibility index (Phi) is 4.57. The molecular formula is C13H18N2O4. The lowest BCUT2D eigenvalue weighted by molar-refractivity contribution is -0.120. The largest absolute Gasteiger partial charge is 0.459 e. The van der Waals surface area contributed by atoms with Crippen molar-refractivity contribution in [3.05, 3.63) is 24.2 Å². The van der Waals surface area contributed by atoms with Gasteiger partial charge in [-0.2, -0.15) is 0 Å². The molecule has 1 aliphatic rings. The molecule has 0 bridgehead atoms. The minimum absolute atomic E-state index is 0.0746. The molecule has 1 saturated carbocycles. The van der Waals surface area contributed by atoms with Crippen LogP contribution in [0.4, 0.5) is 0 Å². The van der Waals surface area contributed by atoms with Gasteiger partial charge in [0.05, 0.1) is 18.9 Å². The number of hydrogen-bond acceptors (Lipinski definition) is 4. The van der Waals surface area contributed by atoms with E-state index in [-0.39, 0.29) is 24.3 Å². The van der Waals surface area contributed by atoms with Crippen molar-refractivity contribution in [2.75, 3.05) is 13.1 Å². The van der Waals surface area contributed by atoms with Crippen LogP contribution in [0.3, 0.4) is 0 Å². The van der Waals surface area contributed by atoms with E-state index >= 15 is 0 Å². The van der Waals surface area contributed by atoms with Gasteiger partial charge in [0.1, 0.15) is 0 Å². The van der Waals surface area contributed by atoms with Gasteiger partial charge in [0, 0.05) is 6.54 Å². The average molecular weight is 266 g/mol. The summed E-state index contributed by atoms with van der Waals surface area (Å²) in [6, 6.07) is 3.15. The third-order valence-electron chi connectivity index (χ3n) is 3.26. The van der Waals surface area contributed by atoms with Gasteiger partial charge in [0.2, 0.25) is 5.91 Å². The van der Waals surface area contributed by atoms with Crippen molar-refractivity contribution in [1.82, 2.24) is 10.6 Å². The van der Waals surface area contributed by atoms with Gasteiger partial charge in [0.15, 0.2) is 5.76 Å². The second kappa shape index (κ2) is 6.38. The van der Waals surface area contributed by atoms with Crippen LogP contribution < -0.4 is 10.6 Å². The molecule has 2 unspecified atom stereocenters. The smallest absolute Gasteiger partial charge is 0.287 e. The summed E-state index contributed by atoms with van der Waals surface area (Å²) in [7, 11) is 0. The first-order chi connectivity index (χ1) is 9.15. The highest BCUT2D eigenvalue weighted by Gasteiger charge is 2.22. The molecule has 2 amide bonds. The van der Waals surface area contributed by atoms with Crippen molar-refractivity contribution in [1.29, 1.82) is 0 Å². The van der Waals surface area contributed by atoms with Crippen LogP contribution in [0.15, 0.2) is 22.8 Å². The van der Waals surface area contributed by atoms with E-state index in [0.29, 0.717) is 12.5 Å². The van der Waals surface area contributed by atoms with E-state index < -0.39 is 5.91 Å². The van der Waals surface area contributed by atoms with E-state index in [1.54, 1.807) is 6.07 Å². The van der Waals surface area contributed by atoms with E-state index in [4.69, 9.17) is 4.42 Å². The second-order valence-corrected chi connectivity index (χ2v) is 4.80. The molecule has 1 aliphatic carbocycles. The predicted octanol–water partition coefficient (Wildman–Crippen LogP) is 0.287. The van der Waals surface area contributed by atoms with Crippen LogP contribution in [0, 0.1) is 5.92 Å². The maximum atomic E-state index is 11.5. The van der Waals surface area contributed by atoms with Gasteiger partial charge in [-0.25, -0.2) is 0 Å². The summed E-state index contributed by atoms with van der Waals surface area (Å²) >= 11 is 0. The van der Waals surface area contributed by atoms with Gasteiger partial charge in [-0.1, -0.05) is 0 Å². The van der Waals surface area contributed by atoms with Crippen molar-refractivity contribution in [3.63, 3.8) is 0 Å². The predicted molar refractivity (Wildman–Crippen MR) is 67.4 cm³/mol. The average Bonchev–Trinajstić information content (AvgIpc) is 3.04. The normalized spacial score (nSPS) is 22.2. The molecule has 19 heavy (non-hydrogen) atoms. The number of carbonyl (C=O) groups is 2. The molecule has 0 radical (unpaired) electrons. The third-order valence-corrected chi connectivity index (χ3v) is 3.26. The molecule has 104 valence electrons. The molecule has 0 aliphatic heterocycles. The summed E-state index contributed by atoms with van der Waals surface area (Å²) in [4.78, 5) is 23.0. The van der Waals surface area contributed by atoms with Gasteiger partial charge < -0.3 is 20.2 Å². The highest BCUT2D eigenvalue weighted by Crippen LogP contribution is 2.24. The summed E-state index contributed by atoms with van der Waals surface area (Å²) < 4.78 is 4.91. The molecule has 0 aromatic carbocycles. The van der Waals surface area contributed by atoms with Crippen molar-refractivity contribution < 1.29 is 19.1 Å². The number of hydrogen-bond donors (Lipinski definition) is 3. The highest BCUT2D eigenvalue weighted by atomic mass is 16.3. The first-order valence-electron chi connectivity index (χ1n) is 6.41. The van der Waals surface area contributed by atoms with E-state index in [1.807, 2.05) is 0 Å². The Morgan fingerprint density at radius 3 is 2.84 bits per heavy atom. The SMILES string of the molecule is O=C(CNC(=O)c1ccco1)NCC1CCC(O)C1. The molecule has 1 aromatic rings. The number of rotatable bonds is 5. The highest BCUT2D eigenvalue weighted by molar-refractivity contribution is 5.94. The molecule has 2 rings (SSSR count). The van der Waals surface area contributed by atoms with Crippen LogP contribution in [0.5, 0.6) is 0 Å². The summed E-state index contributed by atoms with van der Waals surface area (Å²) in [6.45, 7) is 0.474. The summed E-state index contributed by atoms with van der Waals surface area (Å²) in [5, 5.41) is 14.6. The van der Waals surface area contributed by atoms with E-state index in [0.717, 1.165) is 19.3 Å². The Morgan fingerprint density at radius 1 is 1.37 bits per heavy atom. The number of furan rings is 1. The van der Waals surface area contributed by atoms with Gasteiger partial charge in [0.25, 0.3) is 5.91 Å². The van der Waals surface area contributed by atoms with Crippen molar-refractivity contribution >= 4 is 11.8 Å². The lowest BCUT2D eigenvalue weighted by atomic mass is 10.1. The quantitative estimate of drug-likeness (QED) is 0.714. The third kappa shape index (κ3) is 4.10. The minimum Gasteiger partial charge on any atom is -0.459 e. The number of aliphatic hydroxyl groups excluding tert-OH is 1. The maximum Gasteiger partial charge on any atom is 0.287 e. The summed E-state index contributed by atoms with van der Waals surface area (Å²) in [6.07, 6.45) is 3.63. The van der Waals surface area contributed by atoms with Crippen molar-refractivity contribution in [3.8, 4) is 0 Å². The van der Waals surface area contributed by atoms with Gasteiger partial charge in [-0.15, -0.1) is 0 Å². The standard InChI is InChI=1S/C13H18N2O4/c16-10-4-3-9(6-10)7-14-12(17)8-15-13(18)11-2-1-5-19-11/h1-2,5,9-10,16H,3-4,6-8H2,(H,14,17)(H,15,18). The Morgan fingerprint density at radius 2 is 2.21 bits per heavy atom. The molecule has 1 aromatic heterocycles. The lowest BCUT2D eigenvalue weighted by Crippen LogP contribution is -2.38. The summed E-state index contributed by atoms with van der Waals surface area (Å²) in [5.41, 5.74) is 0. The van der Waals surface area contributed by atoms with Crippen molar-refractivity contribution in [2.24, 2.45) is 5.92 Å². The molecule has 0 spiro atoms. The van der Waals surface area contributed by atoms with Gasteiger partial charge in [-0.05, 0) is 37.3 Å². The molecule has 1 fully saturated rings. The Labute approximate surface area is 111 Å². The fourth-order valence-electron chi connectivity index (χ4n) is 2.21. The first kappa shape index (κ1) is 13.6. The first-order valence-corrected chi connectivity index (χ1v) is 6.41. The Balaban J connectivity index is 1.63. The maximum absolute atomic E-state index is 11.5. The van der Waals surface area contributed by atoms with E-state index in [2.05, 4.69) is 10.6 Å². The zero-order chi connectivity index (χ0) is 13.7. The van der Waals surface area contributed by atoms with Gasteiger partial charge in [-0.3, -0.25) is 9.59 Å². The number of carbonyl (C=O) groups excluding carboxylic acids is 2. The fraction of sp³-hybridized carbons (Fsp3) is 0.538. The molecule has 1 heterocycles. The number of amides is 2. The molecule has 0 saturated heterocycles. The van der Waals surface area contributed by atoms with Crippen LogP contribution >= 0.6 is 0 Å². The van der Waals surface area contributed by atoms with E-state index in [9.17, 15) is 14.7 Å². The second-order valence-electron chi connectivity index (χ2n) is 4.80. The molecule has 2 atom stereocenters. The monoisotopic (exact) mass is 266 g/mol. The molecular weight excluding hydrogens is 248 g/mol. The molecule has 3 N–H and O–H groups in total. The van der Waals surface area contributed by atoms with Crippen LogP contribution in [0.25, 0.3) is 0 Å². The zero-order valence-electron chi connectivity index (χ0n) is 10.6. The molecule has 6 nitrogen and oxygen atoms in total. The fourth-order valence-corrected chi connectivity index (χ4v) is 2.21. The Hall–Kier alpha value is -1.82. The van der Waals surface area contributed by atoms with Crippen LogP contribution in [0.2, 0.25) is 0 Å². The zero-order valence-corrected chi connectivity index (χ0v) is 10.6. The van der Waals surface area contributed by atoms with Crippen LogP contribution in [0.1, 0.15) is 29.8 Å². The van der Waals surface area contributed by atoms with E-state index in [1.165, 1.54) is 12.3 Å². The van der Waals surface area contributed by atoms with Crippen LogP contribution in [-0.2, 0) is 4.79 Å². The topological polar surface area (TPSA) is 91.6 Å². The van der Waals surface area contributed by atoms with Crippen molar-refractivity contribution in [2.45, 2.75) is 25.4 Å². The summed E-state index contributed by atoms with van der Waals surface area (Å²) in [5.74, 6) is -0.121.